The number of carbonyl (C=O) groups excluding carboxylic acids is 1. The van der Waals surface area contributed by atoms with E-state index in [4.69, 9.17) is 4.42 Å². The number of nitrogens with zero attached hydrogens (tertiary/aromatic N) is 2. The molecule has 132 valence electrons. The van der Waals surface area contributed by atoms with Crippen LogP contribution in [0.1, 0.15) is 15.9 Å². The van der Waals surface area contributed by atoms with Gasteiger partial charge in [0.15, 0.2) is 0 Å². The minimum atomic E-state index is -0.516. The third kappa shape index (κ3) is 2.51. The average Bonchev–Trinajstić information content (AvgIpc) is 3.32. The molecule has 0 fully saturated rings. The number of anilines is 1. The van der Waals surface area contributed by atoms with Crippen LogP contribution in [0.5, 0.6) is 0 Å². The highest BCUT2D eigenvalue weighted by Gasteiger charge is 2.30. The molecule has 3 heterocycles. The molecule has 4 aromatic rings. The van der Waals surface area contributed by atoms with Crippen LogP contribution < -0.4 is 4.90 Å². The van der Waals surface area contributed by atoms with Crippen molar-refractivity contribution >= 4 is 22.6 Å². The number of halogens is 1. The maximum Gasteiger partial charge on any atom is 0.261 e. The Morgan fingerprint density at radius 2 is 1.89 bits per heavy atom. The molecule has 0 saturated carbocycles. The molecular weight excluding hydrogens is 343 g/mol. The predicted octanol–water partition coefficient (Wildman–Crippen LogP) is 4.84. The predicted molar refractivity (Wildman–Crippen MR) is 101 cm³/mol. The van der Waals surface area contributed by atoms with E-state index in [0.29, 0.717) is 18.7 Å². The first kappa shape index (κ1) is 15.8. The molecule has 2 aromatic heterocycles. The van der Waals surface area contributed by atoms with Gasteiger partial charge in [-0.05, 0) is 36.2 Å². The van der Waals surface area contributed by atoms with Gasteiger partial charge in [0.2, 0.25) is 0 Å². The minimum absolute atomic E-state index is 0.0690. The van der Waals surface area contributed by atoms with Crippen LogP contribution in [-0.4, -0.2) is 17.4 Å². The number of amides is 1. The molecule has 27 heavy (non-hydrogen) atoms. The van der Waals surface area contributed by atoms with Crippen LogP contribution in [-0.2, 0) is 6.42 Å². The van der Waals surface area contributed by atoms with Gasteiger partial charge in [-0.1, -0.05) is 30.3 Å². The van der Waals surface area contributed by atoms with E-state index in [0.717, 1.165) is 27.9 Å². The van der Waals surface area contributed by atoms with Gasteiger partial charge < -0.3 is 9.32 Å². The fraction of sp³-hybridized carbons (Fsp3) is 0.0909. The van der Waals surface area contributed by atoms with Crippen molar-refractivity contribution in [3.63, 3.8) is 0 Å². The van der Waals surface area contributed by atoms with Gasteiger partial charge >= 0.3 is 0 Å². The summed E-state index contributed by atoms with van der Waals surface area (Å²) >= 11 is 0. The Hall–Kier alpha value is -3.47. The minimum Gasteiger partial charge on any atom is -0.456 e. The normalized spacial score (nSPS) is 13.1. The number of furan rings is 1. The monoisotopic (exact) mass is 358 g/mol. The van der Waals surface area contributed by atoms with E-state index in [1.165, 1.54) is 12.1 Å². The van der Waals surface area contributed by atoms with Crippen molar-refractivity contribution in [1.29, 1.82) is 0 Å². The Morgan fingerprint density at radius 1 is 1.07 bits per heavy atom. The molecule has 5 rings (SSSR count). The van der Waals surface area contributed by atoms with Crippen molar-refractivity contribution in [2.24, 2.45) is 0 Å². The van der Waals surface area contributed by atoms with Crippen molar-refractivity contribution in [2.45, 2.75) is 6.42 Å². The number of hydrogen-bond donors (Lipinski definition) is 0. The second-order valence-corrected chi connectivity index (χ2v) is 6.52. The lowest BCUT2D eigenvalue weighted by molar-refractivity contribution is 0.0985. The summed E-state index contributed by atoms with van der Waals surface area (Å²) in [5.41, 5.74) is 3.45. The van der Waals surface area contributed by atoms with Crippen LogP contribution in [0.25, 0.3) is 22.3 Å². The molecule has 2 aromatic carbocycles. The average molecular weight is 358 g/mol. The summed E-state index contributed by atoms with van der Waals surface area (Å²) in [6.45, 7) is 0.488. The third-order valence-corrected chi connectivity index (χ3v) is 4.95. The molecule has 0 saturated heterocycles. The lowest BCUT2D eigenvalue weighted by Gasteiger charge is -2.17. The standard InChI is InChI=1S/C22H15FN2O2/c23-18-7-3-2-6-16(18)22(26)25-10-9-15-17(12-24-13-19(15)25)21-11-14-5-1-4-8-20(14)27-21/h1-8,11-13H,9-10H2. The topological polar surface area (TPSA) is 46.3 Å². The van der Waals surface area contributed by atoms with Crippen LogP contribution in [0.3, 0.4) is 0 Å². The van der Waals surface area contributed by atoms with E-state index in [1.807, 2.05) is 30.3 Å². The maximum atomic E-state index is 14.1. The molecule has 1 amide bonds. The van der Waals surface area contributed by atoms with E-state index < -0.39 is 5.82 Å². The molecule has 1 aliphatic rings. The van der Waals surface area contributed by atoms with Crippen LogP contribution in [0.15, 0.2) is 71.4 Å². The lowest BCUT2D eigenvalue weighted by Crippen LogP contribution is -2.29. The maximum absolute atomic E-state index is 14.1. The SMILES string of the molecule is O=C(c1ccccc1F)N1CCc2c(-c3cc4ccccc4o3)cncc21. The highest BCUT2D eigenvalue weighted by atomic mass is 19.1. The quantitative estimate of drug-likeness (QED) is 0.515. The number of hydrogen-bond acceptors (Lipinski definition) is 3. The third-order valence-electron chi connectivity index (χ3n) is 4.95. The molecule has 1 aliphatic heterocycles. The van der Waals surface area contributed by atoms with Gasteiger partial charge in [-0.25, -0.2) is 4.39 Å². The molecule has 5 heteroatoms. The molecule has 0 unspecified atom stereocenters. The molecule has 0 aliphatic carbocycles. The van der Waals surface area contributed by atoms with Crippen molar-refractivity contribution in [1.82, 2.24) is 4.98 Å². The second kappa shape index (κ2) is 6.06. The van der Waals surface area contributed by atoms with E-state index >= 15 is 0 Å². The van der Waals surface area contributed by atoms with E-state index in [9.17, 15) is 9.18 Å². The molecule has 0 atom stereocenters. The number of aromatic nitrogens is 1. The van der Waals surface area contributed by atoms with Gasteiger partial charge in [-0.2, -0.15) is 0 Å². The van der Waals surface area contributed by atoms with Crippen LogP contribution >= 0.6 is 0 Å². The fourth-order valence-electron chi connectivity index (χ4n) is 3.63. The summed E-state index contributed by atoms with van der Waals surface area (Å²) < 4.78 is 20.0. The summed E-state index contributed by atoms with van der Waals surface area (Å²) in [5, 5.41) is 1.02. The van der Waals surface area contributed by atoms with E-state index in [2.05, 4.69) is 4.98 Å². The molecule has 0 N–H and O–H groups in total. The summed E-state index contributed by atoms with van der Waals surface area (Å²) in [4.78, 5) is 18.7. The van der Waals surface area contributed by atoms with Gasteiger partial charge in [0, 0.05) is 23.7 Å². The summed E-state index contributed by atoms with van der Waals surface area (Å²) in [6.07, 6.45) is 4.09. The Labute approximate surface area is 154 Å². The Balaban J connectivity index is 1.58. The smallest absolute Gasteiger partial charge is 0.261 e. The van der Waals surface area contributed by atoms with Crippen LogP contribution in [0.2, 0.25) is 0 Å². The van der Waals surface area contributed by atoms with Gasteiger partial charge in [-0.3, -0.25) is 9.78 Å². The second-order valence-electron chi connectivity index (χ2n) is 6.52. The Morgan fingerprint density at radius 3 is 2.74 bits per heavy atom. The van der Waals surface area contributed by atoms with Crippen molar-refractivity contribution in [3.05, 3.63) is 83.9 Å². The first-order valence-corrected chi connectivity index (χ1v) is 8.74. The van der Waals surface area contributed by atoms with E-state index in [1.54, 1.807) is 29.4 Å². The fourth-order valence-corrected chi connectivity index (χ4v) is 3.63. The number of para-hydroxylation sites is 1. The molecule has 0 spiro atoms. The lowest BCUT2D eigenvalue weighted by atomic mass is 10.1. The number of rotatable bonds is 2. The summed E-state index contributed by atoms with van der Waals surface area (Å²) in [6, 6.07) is 15.8. The van der Waals surface area contributed by atoms with Crippen LogP contribution in [0.4, 0.5) is 10.1 Å². The molecule has 0 bridgehead atoms. The number of fused-ring (bicyclic) bond motifs is 2. The molecule has 0 radical (unpaired) electrons. The van der Waals surface area contributed by atoms with Gasteiger partial charge in [0.1, 0.15) is 17.2 Å². The van der Waals surface area contributed by atoms with Gasteiger partial charge in [0.05, 0.1) is 17.4 Å². The van der Waals surface area contributed by atoms with E-state index in [-0.39, 0.29) is 11.5 Å². The number of pyridine rings is 1. The summed E-state index contributed by atoms with van der Waals surface area (Å²) in [7, 11) is 0. The molecular formula is C22H15FN2O2. The van der Waals surface area contributed by atoms with Gasteiger partial charge in [-0.15, -0.1) is 0 Å². The number of carbonyl (C=O) groups is 1. The zero-order valence-electron chi connectivity index (χ0n) is 14.4. The summed E-state index contributed by atoms with van der Waals surface area (Å²) in [5.74, 6) is -0.145. The highest BCUT2D eigenvalue weighted by molar-refractivity contribution is 6.08. The zero-order valence-corrected chi connectivity index (χ0v) is 14.4. The Kier molecular flexibility index (Phi) is 3.53. The Bertz CT molecular complexity index is 1150. The van der Waals surface area contributed by atoms with Crippen molar-refractivity contribution in [2.75, 3.05) is 11.4 Å². The number of benzene rings is 2. The first-order chi connectivity index (χ1) is 13.2. The zero-order chi connectivity index (χ0) is 18.4. The highest BCUT2D eigenvalue weighted by Crippen LogP contribution is 2.38. The first-order valence-electron chi connectivity index (χ1n) is 8.74. The van der Waals surface area contributed by atoms with Gasteiger partial charge in [0.25, 0.3) is 5.91 Å². The van der Waals surface area contributed by atoms with Crippen molar-refractivity contribution in [3.8, 4) is 11.3 Å². The van der Waals surface area contributed by atoms with Crippen molar-refractivity contribution < 1.29 is 13.6 Å². The molecule has 4 nitrogen and oxygen atoms in total. The van der Waals surface area contributed by atoms with Crippen LogP contribution in [0, 0.1) is 5.82 Å². The largest absolute Gasteiger partial charge is 0.456 e.